The summed E-state index contributed by atoms with van der Waals surface area (Å²) in [6.07, 6.45) is -5.01. The van der Waals surface area contributed by atoms with Crippen molar-refractivity contribution < 1.29 is 37.1 Å². The number of nitrogens with zero attached hydrogens (tertiary/aromatic N) is 1. The molecule has 2 rings (SSSR count). The van der Waals surface area contributed by atoms with E-state index in [4.69, 9.17) is 0 Å². The van der Waals surface area contributed by atoms with E-state index in [1.54, 1.807) is 0 Å². The highest BCUT2D eigenvalue weighted by Crippen LogP contribution is 2.23. The van der Waals surface area contributed by atoms with Crippen LogP contribution in [0.5, 0.6) is 0 Å². The minimum absolute atomic E-state index is 0.00189. The summed E-state index contributed by atoms with van der Waals surface area (Å²) in [6.45, 7) is -1.46. The third-order valence-corrected chi connectivity index (χ3v) is 2.30. The quantitative estimate of drug-likeness (QED) is 0.784. The average Bonchev–Trinajstić information content (AvgIpc) is 2.62. The highest BCUT2D eigenvalue weighted by Gasteiger charge is 2.39. The van der Waals surface area contributed by atoms with E-state index >= 15 is 0 Å². The second kappa shape index (κ2) is 4.93. The fraction of sp³-hybridized carbons (Fsp3) is 0.182. The lowest BCUT2D eigenvalue weighted by molar-refractivity contribution is -0.324. The standard InChI is InChI=1S/C11H6F3NO5/c12-11(13,14)19-5-8(16)20-15-9(17)6-3-1-2-4-7(6)10(15)18/h1-4H,5H2. The second-order valence-corrected chi connectivity index (χ2v) is 3.65. The normalized spacial score (nSPS) is 14.4. The van der Waals surface area contributed by atoms with Crippen LogP contribution in [-0.2, 0) is 14.4 Å². The first kappa shape index (κ1) is 14.0. The Morgan fingerprint density at radius 1 is 1.10 bits per heavy atom. The Bertz CT molecular complexity index is 549. The first-order chi connectivity index (χ1) is 9.29. The summed E-state index contributed by atoms with van der Waals surface area (Å²) >= 11 is 0. The number of carbonyl (C=O) groups is 3. The Balaban J connectivity index is 2.04. The molecule has 0 radical (unpaired) electrons. The molecule has 1 aromatic carbocycles. The minimum atomic E-state index is -5.01. The molecule has 9 heteroatoms. The maximum atomic E-state index is 11.7. The van der Waals surface area contributed by atoms with E-state index in [1.807, 2.05) is 0 Å². The smallest absolute Gasteiger partial charge is 0.327 e. The number of carbonyl (C=O) groups excluding carboxylic acids is 3. The highest BCUT2D eigenvalue weighted by atomic mass is 19.4. The van der Waals surface area contributed by atoms with Gasteiger partial charge in [0, 0.05) is 0 Å². The lowest BCUT2D eigenvalue weighted by Gasteiger charge is -2.13. The largest absolute Gasteiger partial charge is 0.523 e. The number of halogens is 3. The van der Waals surface area contributed by atoms with E-state index in [0.29, 0.717) is 0 Å². The van der Waals surface area contributed by atoms with Gasteiger partial charge >= 0.3 is 12.3 Å². The number of alkyl halides is 3. The zero-order chi connectivity index (χ0) is 14.9. The molecule has 6 nitrogen and oxygen atoms in total. The van der Waals surface area contributed by atoms with Crippen LogP contribution in [-0.4, -0.2) is 35.8 Å². The zero-order valence-electron chi connectivity index (χ0n) is 9.64. The number of rotatable bonds is 3. The van der Waals surface area contributed by atoms with Gasteiger partial charge in [0.05, 0.1) is 11.1 Å². The van der Waals surface area contributed by atoms with Gasteiger partial charge < -0.3 is 4.84 Å². The van der Waals surface area contributed by atoms with Crippen LogP contribution < -0.4 is 0 Å². The van der Waals surface area contributed by atoms with Crippen molar-refractivity contribution in [3.8, 4) is 0 Å². The van der Waals surface area contributed by atoms with Gasteiger partial charge in [0.1, 0.15) is 0 Å². The van der Waals surface area contributed by atoms with Gasteiger partial charge in [-0.2, -0.15) is 0 Å². The zero-order valence-corrected chi connectivity index (χ0v) is 9.64. The number of amides is 2. The Morgan fingerprint density at radius 2 is 1.60 bits per heavy atom. The number of benzene rings is 1. The number of hydroxylamine groups is 2. The lowest BCUT2D eigenvalue weighted by Crippen LogP contribution is -2.34. The van der Waals surface area contributed by atoms with Gasteiger partial charge in [0.25, 0.3) is 11.8 Å². The van der Waals surface area contributed by atoms with Crippen LogP contribution >= 0.6 is 0 Å². The van der Waals surface area contributed by atoms with E-state index in [9.17, 15) is 27.6 Å². The molecule has 0 fully saturated rings. The van der Waals surface area contributed by atoms with Crippen LogP contribution in [0.4, 0.5) is 13.2 Å². The molecule has 1 aliphatic heterocycles. The molecule has 0 bridgehead atoms. The van der Waals surface area contributed by atoms with E-state index in [1.165, 1.54) is 24.3 Å². The van der Waals surface area contributed by atoms with Gasteiger partial charge in [-0.3, -0.25) is 14.3 Å². The van der Waals surface area contributed by atoms with Gasteiger partial charge in [-0.15, -0.1) is 13.2 Å². The average molecular weight is 289 g/mol. The van der Waals surface area contributed by atoms with Crippen molar-refractivity contribution in [1.29, 1.82) is 0 Å². The van der Waals surface area contributed by atoms with Crippen LogP contribution in [0.25, 0.3) is 0 Å². The van der Waals surface area contributed by atoms with Crippen LogP contribution in [0.1, 0.15) is 20.7 Å². The summed E-state index contributed by atoms with van der Waals surface area (Å²) < 4.78 is 38.4. The Kier molecular flexibility index (Phi) is 3.45. The van der Waals surface area contributed by atoms with E-state index in [2.05, 4.69) is 9.57 Å². The third kappa shape index (κ3) is 2.77. The van der Waals surface area contributed by atoms with Crippen LogP contribution in [0.15, 0.2) is 24.3 Å². The van der Waals surface area contributed by atoms with Crippen LogP contribution in [0, 0.1) is 0 Å². The lowest BCUT2D eigenvalue weighted by atomic mass is 10.1. The Morgan fingerprint density at radius 3 is 2.05 bits per heavy atom. The molecule has 2 amide bonds. The molecule has 0 saturated carbocycles. The maximum Gasteiger partial charge on any atom is 0.523 e. The molecule has 20 heavy (non-hydrogen) atoms. The minimum Gasteiger partial charge on any atom is -0.327 e. The molecule has 0 aliphatic carbocycles. The third-order valence-electron chi connectivity index (χ3n) is 2.30. The molecule has 0 atom stereocenters. The van der Waals surface area contributed by atoms with Crippen molar-refractivity contribution in [2.75, 3.05) is 6.61 Å². The molecule has 0 aromatic heterocycles. The summed E-state index contributed by atoms with van der Waals surface area (Å²) in [6, 6.07) is 5.63. The fourth-order valence-electron chi connectivity index (χ4n) is 1.52. The van der Waals surface area contributed by atoms with Crippen molar-refractivity contribution in [2.45, 2.75) is 6.36 Å². The summed E-state index contributed by atoms with van der Waals surface area (Å²) in [4.78, 5) is 38.8. The van der Waals surface area contributed by atoms with Gasteiger partial charge in [-0.1, -0.05) is 17.2 Å². The molecule has 0 saturated heterocycles. The molecule has 0 spiro atoms. The highest BCUT2D eigenvalue weighted by molar-refractivity contribution is 6.20. The second-order valence-electron chi connectivity index (χ2n) is 3.65. The maximum absolute atomic E-state index is 11.7. The summed E-state index contributed by atoms with van der Waals surface area (Å²) in [7, 11) is 0. The first-order valence-electron chi connectivity index (χ1n) is 5.19. The van der Waals surface area contributed by atoms with Crippen molar-refractivity contribution >= 4 is 17.8 Å². The molecule has 106 valence electrons. The van der Waals surface area contributed by atoms with E-state index < -0.39 is 30.8 Å². The van der Waals surface area contributed by atoms with Crippen LogP contribution in [0.3, 0.4) is 0 Å². The van der Waals surface area contributed by atoms with E-state index in [0.717, 1.165) is 0 Å². The van der Waals surface area contributed by atoms with E-state index in [-0.39, 0.29) is 16.2 Å². The van der Waals surface area contributed by atoms with Gasteiger partial charge in [0.15, 0.2) is 6.61 Å². The topological polar surface area (TPSA) is 72.9 Å². The van der Waals surface area contributed by atoms with Crippen LogP contribution in [0.2, 0.25) is 0 Å². The summed E-state index contributed by atoms with van der Waals surface area (Å²) in [5.74, 6) is -3.37. The number of fused-ring (bicyclic) bond motifs is 1. The molecule has 0 N–H and O–H groups in total. The SMILES string of the molecule is O=C(COC(F)(F)F)ON1C(=O)c2ccccc2C1=O. The molecule has 1 aromatic rings. The number of hydrogen-bond donors (Lipinski definition) is 0. The Hall–Kier alpha value is -2.42. The molecule has 0 unspecified atom stereocenters. The predicted octanol–water partition coefficient (Wildman–Crippen LogP) is 1.28. The van der Waals surface area contributed by atoms with Crippen molar-refractivity contribution in [3.63, 3.8) is 0 Å². The summed E-state index contributed by atoms with van der Waals surface area (Å²) in [5.41, 5.74) is 0.00378. The Labute approximate surface area is 109 Å². The van der Waals surface area contributed by atoms with Crippen molar-refractivity contribution in [2.24, 2.45) is 0 Å². The van der Waals surface area contributed by atoms with Crippen molar-refractivity contribution in [3.05, 3.63) is 35.4 Å². The molecule has 1 heterocycles. The fourth-order valence-corrected chi connectivity index (χ4v) is 1.52. The molecule has 1 aliphatic rings. The summed E-state index contributed by atoms with van der Waals surface area (Å²) in [5, 5.41) is 0.104. The number of imide groups is 1. The molecular formula is C11H6F3NO5. The van der Waals surface area contributed by atoms with Gasteiger partial charge in [-0.05, 0) is 12.1 Å². The van der Waals surface area contributed by atoms with Gasteiger partial charge in [-0.25, -0.2) is 4.79 Å². The number of ether oxygens (including phenoxy) is 1. The van der Waals surface area contributed by atoms with Crippen molar-refractivity contribution in [1.82, 2.24) is 5.06 Å². The molecular weight excluding hydrogens is 283 g/mol. The van der Waals surface area contributed by atoms with Gasteiger partial charge in [0.2, 0.25) is 0 Å². The first-order valence-corrected chi connectivity index (χ1v) is 5.19. The predicted molar refractivity (Wildman–Crippen MR) is 55.0 cm³/mol. The monoisotopic (exact) mass is 289 g/mol. The number of hydrogen-bond acceptors (Lipinski definition) is 5.